The van der Waals surface area contributed by atoms with Crippen LogP contribution in [-0.4, -0.2) is 51.7 Å². The number of amides is 1. The van der Waals surface area contributed by atoms with E-state index in [-0.39, 0.29) is 5.91 Å². The molecule has 7 heteroatoms. The number of carbonyl (C=O) groups is 1. The summed E-state index contributed by atoms with van der Waals surface area (Å²) in [4.78, 5) is 16.7. The summed E-state index contributed by atoms with van der Waals surface area (Å²) in [5, 5.41) is 0.623. The number of anilines is 1. The van der Waals surface area contributed by atoms with E-state index in [1.807, 2.05) is 34.1 Å². The SMILES string of the molecule is CS(=O)(=O)c1ccccc1N1CCN(C(=O)Cc2cccc(Cl)c2)CC1. The number of halogens is 1. The van der Waals surface area contributed by atoms with Gasteiger partial charge in [0.1, 0.15) is 0 Å². The Labute approximate surface area is 159 Å². The van der Waals surface area contributed by atoms with Crippen LogP contribution in [0.3, 0.4) is 0 Å². The Morgan fingerprint density at radius 3 is 2.38 bits per heavy atom. The molecule has 5 nitrogen and oxygen atoms in total. The second kappa shape index (κ2) is 7.68. The van der Waals surface area contributed by atoms with E-state index in [1.54, 1.807) is 24.3 Å². The van der Waals surface area contributed by atoms with E-state index in [1.165, 1.54) is 6.26 Å². The standard InChI is InChI=1S/C19H21ClN2O3S/c1-26(24,25)18-8-3-2-7-17(18)21-9-11-22(12-10-21)19(23)14-15-5-4-6-16(20)13-15/h2-8,13H,9-12,14H2,1H3. The zero-order chi connectivity index (χ0) is 18.7. The molecule has 0 bridgehead atoms. The topological polar surface area (TPSA) is 57.7 Å². The lowest BCUT2D eigenvalue weighted by molar-refractivity contribution is -0.130. The maximum absolute atomic E-state index is 12.5. The predicted octanol–water partition coefficient (Wildman–Crippen LogP) is 2.63. The molecule has 0 aliphatic carbocycles. The molecule has 0 aromatic heterocycles. The predicted molar refractivity (Wildman–Crippen MR) is 104 cm³/mol. The summed E-state index contributed by atoms with van der Waals surface area (Å²) in [5.41, 5.74) is 1.60. The van der Waals surface area contributed by atoms with Crippen molar-refractivity contribution in [2.45, 2.75) is 11.3 Å². The van der Waals surface area contributed by atoms with E-state index in [0.717, 1.165) is 5.56 Å². The number of rotatable bonds is 4. The van der Waals surface area contributed by atoms with Crippen molar-refractivity contribution in [3.63, 3.8) is 0 Å². The fourth-order valence-electron chi connectivity index (χ4n) is 3.16. The number of carbonyl (C=O) groups excluding carboxylic acids is 1. The van der Waals surface area contributed by atoms with Crippen molar-refractivity contribution < 1.29 is 13.2 Å². The van der Waals surface area contributed by atoms with E-state index in [9.17, 15) is 13.2 Å². The smallest absolute Gasteiger partial charge is 0.227 e. The zero-order valence-electron chi connectivity index (χ0n) is 14.6. The van der Waals surface area contributed by atoms with Gasteiger partial charge in [-0.1, -0.05) is 35.9 Å². The normalized spacial score (nSPS) is 15.2. The number of hydrogen-bond donors (Lipinski definition) is 0. The molecule has 0 radical (unpaired) electrons. The van der Waals surface area contributed by atoms with Crippen LogP contribution in [-0.2, 0) is 21.1 Å². The highest BCUT2D eigenvalue weighted by Gasteiger charge is 2.24. The van der Waals surface area contributed by atoms with Crippen molar-refractivity contribution in [1.82, 2.24) is 4.90 Å². The van der Waals surface area contributed by atoms with Gasteiger partial charge >= 0.3 is 0 Å². The average molecular weight is 393 g/mol. The van der Waals surface area contributed by atoms with Crippen LogP contribution in [0.4, 0.5) is 5.69 Å². The summed E-state index contributed by atoms with van der Waals surface area (Å²) in [5.74, 6) is 0.0586. The van der Waals surface area contributed by atoms with Crippen LogP contribution in [0.2, 0.25) is 5.02 Å². The molecule has 1 aliphatic rings. The molecule has 2 aromatic carbocycles. The monoisotopic (exact) mass is 392 g/mol. The Kier molecular flexibility index (Phi) is 5.53. The molecule has 0 saturated carbocycles. The molecule has 1 heterocycles. The Hall–Kier alpha value is -2.05. The molecular weight excluding hydrogens is 372 g/mol. The van der Waals surface area contributed by atoms with E-state index in [4.69, 9.17) is 11.6 Å². The summed E-state index contributed by atoms with van der Waals surface area (Å²) < 4.78 is 24.0. The van der Waals surface area contributed by atoms with Gasteiger partial charge in [-0.25, -0.2) is 8.42 Å². The van der Waals surface area contributed by atoms with Crippen molar-refractivity contribution >= 4 is 33.0 Å². The largest absolute Gasteiger partial charge is 0.367 e. The quantitative estimate of drug-likeness (QED) is 0.802. The first kappa shape index (κ1) is 18.7. The summed E-state index contributed by atoms with van der Waals surface area (Å²) in [6, 6.07) is 14.3. The van der Waals surface area contributed by atoms with Crippen LogP contribution in [0.15, 0.2) is 53.4 Å². The third kappa shape index (κ3) is 4.37. The van der Waals surface area contributed by atoms with E-state index < -0.39 is 9.84 Å². The van der Waals surface area contributed by atoms with Gasteiger partial charge in [-0.05, 0) is 29.8 Å². The fourth-order valence-corrected chi connectivity index (χ4v) is 4.28. The Morgan fingerprint density at radius 1 is 1.04 bits per heavy atom. The fraction of sp³-hybridized carbons (Fsp3) is 0.316. The highest BCUT2D eigenvalue weighted by molar-refractivity contribution is 7.90. The summed E-state index contributed by atoms with van der Waals surface area (Å²) in [7, 11) is -3.29. The van der Waals surface area contributed by atoms with Crippen LogP contribution >= 0.6 is 11.6 Å². The minimum atomic E-state index is -3.29. The lowest BCUT2D eigenvalue weighted by Crippen LogP contribution is -2.49. The van der Waals surface area contributed by atoms with Crippen molar-refractivity contribution in [2.24, 2.45) is 0 Å². The minimum Gasteiger partial charge on any atom is -0.367 e. The van der Waals surface area contributed by atoms with Crippen molar-refractivity contribution in [2.75, 3.05) is 37.3 Å². The summed E-state index contributed by atoms with van der Waals surface area (Å²) in [6.07, 6.45) is 1.54. The maximum Gasteiger partial charge on any atom is 0.227 e. The molecule has 3 rings (SSSR count). The number of nitrogens with zero attached hydrogens (tertiary/aromatic N) is 2. The molecule has 0 unspecified atom stereocenters. The second-order valence-corrected chi connectivity index (χ2v) is 8.84. The average Bonchev–Trinajstić information content (AvgIpc) is 2.61. The molecule has 1 aliphatic heterocycles. The van der Waals surface area contributed by atoms with Gasteiger partial charge in [-0.3, -0.25) is 4.79 Å². The maximum atomic E-state index is 12.5. The van der Waals surface area contributed by atoms with Gasteiger partial charge in [0.15, 0.2) is 9.84 Å². The number of benzene rings is 2. The molecule has 26 heavy (non-hydrogen) atoms. The second-order valence-electron chi connectivity index (χ2n) is 6.41. The van der Waals surface area contributed by atoms with Gasteiger partial charge in [-0.15, -0.1) is 0 Å². The molecule has 0 spiro atoms. The Bertz CT molecular complexity index is 907. The zero-order valence-corrected chi connectivity index (χ0v) is 16.1. The first-order chi connectivity index (χ1) is 12.3. The van der Waals surface area contributed by atoms with Gasteiger partial charge in [0.25, 0.3) is 0 Å². The van der Waals surface area contributed by atoms with E-state index in [0.29, 0.717) is 48.2 Å². The first-order valence-corrected chi connectivity index (χ1v) is 10.7. The molecular formula is C19H21ClN2O3S. The summed E-state index contributed by atoms with van der Waals surface area (Å²) >= 11 is 5.97. The highest BCUT2D eigenvalue weighted by atomic mass is 35.5. The molecule has 1 saturated heterocycles. The lowest BCUT2D eigenvalue weighted by atomic mass is 10.1. The first-order valence-electron chi connectivity index (χ1n) is 8.41. The van der Waals surface area contributed by atoms with Crippen LogP contribution < -0.4 is 4.90 Å². The van der Waals surface area contributed by atoms with Crippen LogP contribution in [0.5, 0.6) is 0 Å². The van der Waals surface area contributed by atoms with Crippen molar-refractivity contribution in [3.05, 3.63) is 59.1 Å². The number of piperazine rings is 1. The van der Waals surface area contributed by atoms with Gasteiger partial charge in [0.2, 0.25) is 5.91 Å². The van der Waals surface area contributed by atoms with Gasteiger partial charge in [0.05, 0.1) is 17.0 Å². The number of sulfone groups is 1. The van der Waals surface area contributed by atoms with Gasteiger partial charge in [-0.2, -0.15) is 0 Å². The van der Waals surface area contributed by atoms with E-state index in [2.05, 4.69) is 0 Å². The third-order valence-corrected chi connectivity index (χ3v) is 5.86. The number of para-hydroxylation sites is 1. The summed E-state index contributed by atoms with van der Waals surface area (Å²) in [6.45, 7) is 2.34. The molecule has 138 valence electrons. The molecule has 1 amide bonds. The molecule has 0 N–H and O–H groups in total. The Morgan fingerprint density at radius 2 is 1.73 bits per heavy atom. The van der Waals surface area contributed by atoms with Crippen molar-refractivity contribution in [1.29, 1.82) is 0 Å². The highest BCUT2D eigenvalue weighted by Crippen LogP contribution is 2.26. The minimum absolute atomic E-state index is 0.0586. The van der Waals surface area contributed by atoms with Crippen LogP contribution in [0.25, 0.3) is 0 Å². The Balaban J connectivity index is 1.66. The van der Waals surface area contributed by atoms with E-state index >= 15 is 0 Å². The van der Waals surface area contributed by atoms with Gasteiger partial charge in [0, 0.05) is 37.5 Å². The van der Waals surface area contributed by atoms with Crippen LogP contribution in [0, 0.1) is 0 Å². The molecule has 2 aromatic rings. The molecule has 1 fully saturated rings. The lowest BCUT2D eigenvalue weighted by Gasteiger charge is -2.36. The van der Waals surface area contributed by atoms with Crippen LogP contribution in [0.1, 0.15) is 5.56 Å². The third-order valence-electron chi connectivity index (χ3n) is 4.48. The van der Waals surface area contributed by atoms with Gasteiger partial charge < -0.3 is 9.80 Å². The number of hydrogen-bond acceptors (Lipinski definition) is 4. The van der Waals surface area contributed by atoms with Crippen molar-refractivity contribution in [3.8, 4) is 0 Å². The molecule has 0 atom stereocenters.